The van der Waals surface area contributed by atoms with E-state index in [0.29, 0.717) is 18.0 Å². The van der Waals surface area contributed by atoms with Gasteiger partial charge in [-0.05, 0) is 50.2 Å². The predicted octanol–water partition coefficient (Wildman–Crippen LogP) is 4.14. The molecule has 2 heterocycles. The van der Waals surface area contributed by atoms with Crippen LogP contribution >= 0.6 is 0 Å². The highest BCUT2D eigenvalue weighted by Crippen LogP contribution is 2.28. The van der Waals surface area contributed by atoms with Gasteiger partial charge in [0.05, 0.1) is 24.6 Å². The molecular formula is C20H21N3O3. The van der Waals surface area contributed by atoms with E-state index in [9.17, 15) is 4.79 Å². The van der Waals surface area contributed by atoms with Crippen LogP contribution in [0.1, 0.15) is 30.1 Å². The van der Waals surface area contributed by atoms with Crippen LogP contribution in [0.2, 0.25) is 0 Å². The van der Waals surface area contributed by atoms with Gasteiger partial charge in [-0.3, -0.25) is 9.78 Å². The Morgan fingerprint density at radius 2 is 2.04 bits per heavy atom. The minimum absolute atomic E-state index is 0.0679. The highest BCUT2D eigenvalue weighted by molar-refractivity contribution is 5.93. The molecule has 26 heavy (non-hydrogen) atoms. The number of pyridine rings is 1. The van der Waals surface area contributed by atoms with Crippen molar-refractivity contribution in [1.29, 1.82) is 0 Å². The first-order valence-corrected chi connectivity index (χ1v) is 8.41. The van der Waals surface area contributed by atoms with Crippen molar-refractivity contribution < 1.29 is 13.9 Å². The molecule has 3 rings (SSSR count). The number of hydrogen-bond donors (Lipinski definition) is 2. The van der Waals surface area contributed by atoms with Gasteiger partial charge in [-0.15, -0.1) is 0 Å². The van der Waals surface area contributed by atoms with Gasteiger partial charge in [0, 0.05) is 11.9 Å². The Morgan fingerprint density at radius 3 is 2.81 bits per heavy atom. The Balaban J connectivity index is 1.70. The number of nitrogens with zero attached hydrogens (tertiary/aromatic N) is 1. The molecule has 0 aliphatic heterocycles. The van der Waals surface area contributed by atoms with Crippen molar-refractivity contribution in [2.75, 3.05) is 5.32 Å². The maximum atomic E-state index is 12.3. The van der Waals surface area contributed by atoms with Gasteiger partial charge >= 0.3 is 0 Å². The summed E-state index contributed by atoms with van der Waals surface area (Å²) in [4.78, 5) is 16.4. The summed E-state index contributed by atoms with van der Waals surface area (Å²) >= 11 is 0. The number of furan rings is 1. The fourth-order valence-electron chi connectivity index (χ4n) is 2.39. The molecule has 0 saturated carbocycles. The van der Waals surface area contributed by atoms with Gasteiger partial charge in [-0.1, -0.05) is 12.1 Å². The smallest absolute Gasteiger partial charge is 0.270 e. The molecule has 134 valence electrons. The summed E-state index contributed by atoms with van der Waals surface area (Å²) in [6.07, 6.45) is 3.23. The molecule has 0 spiro atoms. The van der Waals surface area contributed by atoms with Crippen LogP contribution in [0.5, 0.6) is 5.75 Å². The summed E-state index contributed by atoms with van der Waals surface area (Å²) in [5.41, 5.74) is 1.90. The maximum absolute atomic E-state index is 12.3. The monoisotopic (exact) mass is 351 g/mol. The lowest BCUT2D eigenvalue weighted by molar-refractivity contribution is 0.0943. The van der Waals surface area contributed by atoms with E-state index in [1.807, 2.05) is 38.1 Å². The molecule has 6 nitrogen and oxygen atoms in total. The van der Waals surface area contributed by atoms with Crippen molar-refractivity contribution in [2.24, 2.45) is 0 Å². The molecule has 0 radical (unpaired) electrons. The van der Waals surface area contributed by atoms with Crippen LogP contribution in [-0.2, 0) is 6.54 Å². The van der Waals surface area contributed by atoms with Gasteiger partial charge in [-0.2, -0.15) is 0 Å². The van der Waals surface area contributed by atoms with Gasteiger partial charge in [0.25, 0.3) is 5.91 Å². The van der Waals surface area contributed by atoms with Crippen LogP contribution in [0.3, 0.4) is 0 Å². The first kappa shape index (κ1) is 17.5. The van der Waals surface area contributed by atoms with Crippen LogP contribution < -0.4 is 15.4 Å². The summed E-state index contributed by atoms with van der Waals surface area (Å²) in [5.74, 6) is 1.17. The number of aromatic nitrogens is 1. The number of anilines is 2. The van der Waals surface area contributed by atoms with E-state index in [1.54, 1.807) is 36.7 Å². The first-order chi connectivity index (χ1) is 12.6. The summed E-state index contributed by atoms with van der Waals surface area (Å²) < 4.78 is 11.0. The molecule has 2 aromatic heterocycles. The topological polar surface area (TPSA) is 76.4 Å². The molecule has 0 bridgehead atoms. The lowest BCUT2D eigenvalue weighted by Gasteiger charge is -2.15. The zero-order chi connectivity index (χ0) is 18.4. The van der Waals surface area contributed by atoms with E-state index in [4.69, 9.17) is 9.15 Å². The summed E-state index contributed by atoms with van der Waals surface area (Å²) in [7, 11) is 0. The Bertz CT molecular complexity index is 860. The van der Waals surface area contributed by atoms with Crippen LogP contribution in [0.4, 0.5) is 11.4 Å². The normalized spacial score (nSPS) is 10.6. The second-order valence-corrected chi connectivity index (χ2v) is 5.98. The van der Waals surface area contributed by atoms with Gasteiger partial charge in [0.15, 0.2) is 0 Å². The molecule has 0 aliphatic carbocycles. The second kappa shape index (κ2) is 8.20. The van der Waals surface area contributed by atoms with Crippen LogP contribution in [-0.4, -0.2) is 17.0 Å². The van der Waals surface area contributed by atoms with E-state index >= 15 is 0 Å². The maximum Gasteiger partial charge on any atom is 0.270 e. The van der Waals surface area contributed by atoms with Gasteiger partial charge in [0.2, 0.25) is 0 Å². The van der Waals surface area contributed by atoms with E-state index in [2.05, 4.69) is 15.6 Å². The number of para-hydroxylation sites is 2. The van der Waals surface area contributed by atoms with Gasteiger partial charge in [0.1, 0.15) is 17.2 Å². The number of carbonyl (C=O) groups is 1. The second-order valence-electron chi connectivity index (χ2n) is 5.98. The number of ether oxygens (including phenoxy) is 1. The zero-order valence-electron chi connectivity index (χ0n) is 14.7. The van der Waals surface area contributed by atoms with Crippen LogP contribution in [0.15, 0.2) is 65.4 Å². The zero-order valence-corrected chi connectivity index (χ0v) is 14.7. The third kappa shape index (κ3) is 4.63. The SMILES string of the molecule is CC(C)Oc1ccccc1Nc1ccnc(C(=O)NCc2ccco2)c1. The van der Waals surface area contributed by atoms with Crippen molar-refractivity contribution in [1.82, 2.24) is 10.3 Å². The number of benzene rings is 1. The predicted molar refractivity (Wildman–Crippen MR) is 99.6 cm³/mol. The van der Waals surface area contributed by atoms with E-state index in [-0.39, 0.29) is 12.0 Å². The Kier molecular flexibility index (Phi) is 5.53. The molecular weight excluding hydrogens is 330 g/mol. The van der Waals surface area contributed by atoms with Crippen molar-refractivity contribution in [3.63, 3.8) is 0 Å². The van der Waals surface area contributed by atoms with Crippen molar-refractivity contribution in [3.05, 3.63) is 72.4 Å². The lowest BCUT2D eigenvalue weighted by atomic mass is 10.2. The minimum atomic E-state index is -0.267. The highest BCUT2D eigenvalue weighted by Gasteiger charge is 2.10. The number of nitrogens with one attached hydrogen (secondary N) is 2. The molecule has 6 heteroatoms. The summed E-state index contributed by atoms with van der Waals surface area (Å²) in [5, 5.41) is 6.06. The molecule has 1 amide bonds. The largest absolute Gasteiger partial charge is 0.489 e. The molecule has 3 aromatic rings. The highest BCUT2D eigenvalue weighted by atomic mass is 16.5. The lowest BCUT2D eigenvalue weighted by Crippen LogP contribution is -2.23. The third-order valence-electron chi connectivity index (χ3n) is 3.52. The molecule has 0 atom stereocenters. The molecule has 0 saturated heterocycles. The molecule has 1 aromatic carbocycles. The molecule has 0 fully saturated rings. The number of hydrogen-bond acceptors (Lipinski definition) is 5. The van der Waals surface area contributed by atoms with Crippen molar-refractivity contribution >= 4 is 17.3 Å². The summed E-state index contributed by atoms with van der Waals surface area (Å²) in [6.45, 7) is 4.27. The van der Waals surface area contributed by atoms with E-state index < -0.39 is 0 Å². The fraction of sp³-hybridized carbons (Fsp3) is 0.200. The van der Waals surface area contributed by atoms with Crippen molar-refractivity contribution in [2.45, 2.75) is 26.5 Å². The molecule has 0 aliphatic rings. The molecule has 0 unspecified atom stereocenters. The van der Waals surface area contributed by atoms with E-state index in [1.165, 1.54) is 0 Å². The quantitative estimate of drug-likeness (QED) is 0.669. The first-order valence-electron chi connectivity index (χ1n) is 8.41. The minimum Gasteiger partial charge on any atom is -0.489 e. The number of amides is 1. The average Bonchev–Trinajstić information content (AvgIpc) is 3.15. The van der Waals surface area contributed by atoms with Crippen molar-refractivity contribution in [3.8, 4) is 5.75 Å². The average molecular weight is 351 g/mol. The Morgan fingerprint density at radius 1 is 1.19 bits per heavy atom. The van der Waals surface area contributed by atoms with Crippen LogP contribution in [0, 0.1) is 0 Å². The number of carbonyl (C=O) groups excluding carboxylic acids is 1. The third-order valence-corrected chi connectivity index (χ3v) is 3.52. The fourth-order valence-corrected chi connectivity index (χ4v) is 2.39. The van der Waals surface area contributed by atoms with Gasteiger partial charge < -0.3 is 19.8 Å². The summed E-state index contributed by atoms with van der Waals surface area (Å²) in [6, 6.07) is 14.8. The van der Waals surface area contributed by atoms with Gasteiger partial charge in [-0.25, -0.2) is 0 Å². The van der Waals surface area contributed by atoms with Crippen LogP contribution in [0.25, 0.3) is 0 Å². The Hall–Kier alpha value is -3.28. The standard InChI is InChI=1S/C20H21N3O3/c1-14(2)26-19-8-4-3-7-17(19)23-15-9-10-21-18(12-15)20(24)22-13-16-6-5-11-25-16/h3-12,14H,13H2,1-2H3,(H,21,23)(H,22,24). The Labute approximate surface area is 152 Å². The molecule has 2 N–H and O–H groups in total. The van der Waals surface area contributed by atoms with E-state index in [0.717, 1.165) is 17.1 Å². The number of rotatable bonds is 7.